The van der Waals surface area contributed by atoms with E-state index in [1.165, 1.54) is 12.8 Å². The number of aromatic amines is 1. The van der Waals surface area contributed by atoms with Crippen LogP contribution in [0.2, 0.25) is 5.02 Å². The van der Waals surface area contributed by atoms with Crippen LogP contribution in [0.4, 0.5) is 0 Å². The first-order valence-corrected chi connectivity index (χ1v) is 8.10. The van der Waals surface area contributed by atoms with Crippen LogP contribution in [0.3, 0.4) is 0 Å². The van der Waals surface area contributed by atoms with Crippen LogP contribution in [-0.2, 0) is 11.2 Å². The first-order chi connectivity index (χ1) is 10.7. The van der Waals surface area contributed by atoms with Crippen molar-refractivity contribution in [3.63, 3.8) is 0 Å². The monoisotopic (exact) mass is 356 g/mol. The van der Waals surface area contributed by atoms with E-state index in [1.54, 1.807) is 19.2 Å². The molecule has 0 radical (unpaired) electrons. The Bertz CT molecular complexity index is 717. The van der Waals surface area contributed by atoms with Crippen molar-refractivity contribution in [2.75, 3.05) is 26.8 Å². The first-order valence-electron chi connectivity index (χ1n) is 7.72. The van der Waals surface area contributed by atoms with Crippen LogP contribution in [0, 0.1) is 0 Å². The number of likely N-dealkylation sites (tertiary alicyclic amines) is 1. The number of hydrogen-bond donors (Lipinski definition) is 1. The number of pyridine rings is 1. The minimum atomic E-state index is -0.0649. The van der Waals surface area contributed by atoms with Crippen LogP contribution >= 0.6 is 24.0 Å². The lowest BCUT2D eigenvalue weighted by atomic mass is 10.1. The lowest BCUT2D eigenvalue weighted by Crippen LogP contribution is -2.34. The van der Waals surface area contributed by atoms with Gasteiger partial charge in [0.15, 0.2) is 0 Å². The summed E-state index contributed by atoms with van der Waals surface area (Å²) in [6.45, 7) is 2.81. The van der Waals surface area contributed by atoms with Gasteiger partial charge in [-0.05, 0) is 37.6 Å². The van der Waals surface area contributed by atoms with Gasteiger partial charge in [0.05, 0.1) is 6.61 Å². The molecule has 0 bridgehead atoms. The summed E-state index contributed by atoms with van der Waals surface area (Å²) >= 11 is 6.21. The standard InChI is InChI=1S/C17H21ClN2O2.ClH/c1-22-11-13-4-3-8-20(13)9-7-12-10-15-14(17(21)19-12)5-2-6-16(15)18;/h2,5-6,10,13H,3-4,7-9,11H2,1H3,(H,19,21);1H/t13-;/m1./s1. The van der Waals surface area contributed by atoms with E-state index in [1.807, 2.05) is 12.1 Å². The highest BCUT2D eigenvalue weighted by molar-refractivity contribution is 6.35. The molecule has 1 aromatic heterocycles. The van der Waals surface area contributed by atoms with Crippen molar-refractivity contribution >= 4 is 34.8 Å². The van der Waals surface area contributed by atoms with Crippen LogP contribution in [0.25, 0.3) is 10.8 Å². The third-order valence-corrected chi connectivity index (χ3v) is 4.75. The van der Waals surface area contributed by atoms with Gasteiger partial charge >= 0.3 is 0 Å². The summed E-state index contributed by atoms with van der Waals surface area (Å²) in [4.78, 5) is 17.6. The first kappa shape index (κ1) is 18.3. The highest BCUT2D eigenvalue weighted by Gasteiger charge is 2.23. The molecule has 0 spiro atoms. The highest BCUT2D eigenvalue weighted by Crippen LogP contribution is 2.22. The number of aromatic nitrogens is 1. The van der Waals surface area contributed by atoms with E-state index in [9.17, 15) is 4.79 Å². The van der Waals surface area contributed by atoms with Crippen LogP contribution in [0.1, 0.15) is 18.5 Å². The summed E-state index contributed by atoms with van der Waals surface area (Å²) in [7, 11) is 1.75. The summed E-state index contributed by atoms with van der Waals surface area (Å²) in [5.74, 6) is 0. The van der Waals surface area contributed by atoms with Gasteiger partial charge < -0.3 is 9.72 Å². The molecule has 0 amide bonds. The van der Waals surface area contributed by atoms with E-state index in [0.29, 0.717) is 16.5 Å². The van der Waals surface area contributed by atoms with E-state index < -0.39 is 0 Å². The Morgan fingerprint density at radius 2 is 2.22 bits per heavy atom. The number of fused-ring (bicyclic) bond motifs is 1. The van der Waals surface area contributed by atoms with Crippen molar-refractivity contribution < 1.29 is 4.74 Å². The van der Waals surface area contributed by atoms with Gasteiger partial charge in [0.2, 0.25) is 0 Å². The van der Waals surface area contributed by atoms with Crippen molar-refractivity contribution in [1.29, 1.82) is 0 Å². The van der Waals surface area contributed by atoms with Gasteiger partial charge in [-0.2, -0.15) is 0 Å². The molecule has 4 nitrogen and oxygen atoms in total. The Morgan fingerprint density at radius 3 is 3.00 bits per heavy atom. The van der Waals surface area contributed by atoms with Gasteiger partial charge in [0.1, 0.15) is 0 Å². The van der Waals surface area contributed by atoms with Gasteiger partial charge in [-0.3, -0.25) is 9.69 Å². The molecule has 3 rings (SSSR count). The molecule has 1 aromatic carbocycles. The molecule has 23 heavy (non-hydrogen) atoms. The zero-order chi connectivity index (χ0) is 15.5. The quantitative estimate of drug-likeness (QED) is 0.894. The maximum atomic E-state index is 12.2. The average Bonchev–Trinajstić information content (AvgIpc) is 2.94. The van der Waals surface area contributed by atoms with Crippen molar-refractivity contribution in [3.05, 3.63) is 45.3 Å². The Hall–Kier alpha value is -1.07. The fraction of sp³-hybridized carbons (Fsp3) is 0.471. The molecule has 1 N–H and O–H groups in total. The maximum Gasteiger partial charge on any atom is 0.256 e. The number of nitrogens with zero attached hydrogens (tertiary/aromatic N) is 1. The number of benzene rings is 1. The van der Waals surface area contributed by atoms with E-state index in [-0.39, 0.29) is 18.0 Å². The second-order valence-corrected chi connectivity index (χ2v) is 6.27. The van der Waals surface area contributed by atoms with E-state index in [2.05, 4.69) is 9.88 Å². The normalized spacial score (nSPS) is 18.3. The fourth-order valence-electron chi connectivity index (χ4n) is 3.27. The molecule has 1 atom stereocenters. The molecule has 2 heterocycles. The molecule has 6 heteroatoms. The SMILES string of the molecule is COC[C@H]1CCCN1CCc1cc2c(Cl)cccc2c(=O)[nH]1.Cl. The maximum absolute atomic E-state index is 12.2. The van der Waals surface area contributed by atoms with Crippen LogP contribution < -0.4 is 5.56 Å². The molecular formula is C17H22Cl2N2O2. The molecule has 0 unspecified atom stereocenters. The number of ether oxygens (including phenoxy) is 1. The van der Waals surface area contributed by atoms with Crippen LogP contribution in [0.5, 0.6) is 0 Å². The van der Waals surface area contributed by atoms with Crippen molar-refractivity contribution in [1.82, 2.24) is 9.88 Å². The molecule has 1 aliphatic heterocycles. The van der Waals surface area contributed by atoms with E-state index >= 15 is 0 Å². The minimum Gasteiger partial charge on any atom is -0.383 e. The number of rotatable bonds is 5. The highest BCUT2D eigenvalue weighted by atomic mass is 35.5. The predicted molar refractivity (Wildman–Crippen MR) is 97.0 cm³/mol. The summed E-state index contributed by atoms with van der Waals surface area (Å²) in [6.07, 6.45) is 3.22. The number of halogens is 2. The second kappa shape index (κ2) is 8.15. The van der Waals surface area contributed by atoms with Crippen LogP contribution in [-0.4, -0.2) is 42.7 Å². The molecule has 1 saturated heterocycles. The fourth-order valence-corrected chi connectivity index (χ4v) is 3.50. The average molecular weight is 357 g/mol. The molecule has 2 aromatic rings. The minimum absolute atomic E-state index is 0. The lowest BCUT2D eigenvalue weighted by molar-refractivity contribution is 0.116. The van der Waals surface area contributed by atoms with Gasteiger partial charge in [-0.25, -0.2) is 0 Å². The van der Waals surface area contributed by atoms with Gasteiger partial charge in [0.25, 0.3) is 5.56 Å². The second-order valence-electron chi connectivity index (χ2n) is 5.86. The molecule has 126 valence electrons. The molecule has 0 saturated carbocycles. The Kier molecular flexibility index (Phi) is 6.48. The summed E-state index contributed by atoms with van der Waals surface area (Å²) < 4.78 is 5.28. The molecule has 1 aliphatic rings. The predicted octanol–water partition coefficient (Wildman–Crippen LogP) is 3.26. The van der Waals surface area contributed by atoms with Crippen molar-refractivity contribution in [2.45, 2.75) is 25.3 Å². The van der Waals surface area contributed by atoms with Crippen LogP contribution in [0.15, 0.2) is 29.1 Å². The Morgan fingerprint density at radius 1 is 1.39 bits per heavy atom. The third kappa shape index (κ3) is 4.07. The zero-order valence-corrected chi connectivity index (χ0v) is 14.8. The Labute approximate surface area is 147 Å². The van der Waals surface area contributed by atoms with Crippen molar-refractivity contribution in [3.8, 4) is 0 Å². The van der Waals surface area contributed by atoms with E-state index in [0.717, 1.165) is 37.2 Å². The molecule has 0 aliphatic carbocycles. The van der Waals surface area contributed by atoms with Gasteiger partial charge in [0, 0.05) is 47.6 Å². The largest absolute Gasteiger partial charge is 0.383 e. The topological polar surface area (TPSA) is 45.3 Å². The molecular weight excluding hydrogens is 335 g/mol. The Balaban J connectivity index is 0.00000192. The summed E-state index contributed by atoms with van der Waals surface area (Å²) in [6, 6.07) is 7.93. The number of methoxy groups -OCH3 is 1. The summed E-state index contributed by atoms with van der Waals surface area (Å²) in [5, 5.41) is 2.11. The smallest absolute Gasteiger partial charge is 0.256 e. The van der Waals surface area contributed by atoms with Gasteiger partial charge in [-0.15, -0.1) is 12.4 Å². The number of H-pyrrole nitrogens is 1. The lowest BCUT2D eigenvalue weighted by Gasteiger charge is -2.23. The summed E-state index contributed by atoms with van der Waals surface area (Å²) in [5.41, 5.74) is 0.874. The molecule has 1 fully saturated rings. The third-order valence-electron chi connectivity index (χ3n) is 4.42. The van der Waals surface area contributed by atoms with Gasteiger partial charge in [-0.1, -0.05) is 17.7 Å². The number of hydrogen-bond acceptors (Lipinski definition) is 3. The number of nitrogens with one attached hydrogen (secondary N) is 1. The zero-order valence-electron chi connectivity index (χ0n) is 13.2. The van der Waals surface area contributed by atoms with E-state index in [4.69, 9.17) is 16.3 Å². The van der Waals surface area contributed by atoms with Crippen molar-refractivity contribution in [2.24, 2.45) is 0 Å².